The van der Waals surface area contributed by atoms with Crippen LogP contribution in [0, 0.1) is 5.82 Å². The Labute approximate surface area is 249 Å². The Morgan fingerprint density at radius 2 is 1.76 bits per heavy atom. The van der Waals surface area contributed by atoms with Crippen LogP contribution in [0.1, 0.15) is 39.5 Å². The highest BCUT2D eigenvalue weighted by atomic mass is 35.5. The van der Waals surface area contributed by atoms with E-state index in [1.807, 2.05) is 24.3 Å². The summed E-state index contributed by atoms with van der Waals surface area (Å²) in [7, 11) is 0. The maximum Gasteiger partial charge on any atom is 0.328 e. The Morgan fingerprint density at radius 1 is 1.00 bits per heavy atom. The van der Waals surface area contributed by atoms with Crippen molar-refractivity contribution < 1.29 is 28.7 Å². The zero-order chi connectivity index (χ0) is 29.7. The van der Waals surface area contributed by atoms with Crippen LogP contribution in [0.3, 0.4) is 0 Å². The number of benzene rings is 3. The molecular weight excluding hydrogens is 598 g/mol. The molecule has 3 aromatic rings. The smallest absolute Gasteiger partial charge is 0.328 e. The Kier molecular flexibility index (Phi) is 9.69. The molecule has 0 saturated carbocycles. The van der Waals surface area contributed by atoms with Gasteiger partial charge in [0, 0.05) is 0 Å². The van der Waals surface area contributed by atoms with Gasteiger partial charge in [-0.15, -0.1) is 0 Å². The number of amides is 4. The fourth-order valence-electron chi connectivity index (χ4n) is 4.43. The Bertz CT molecular complexity index is 1520. The van der Waals surface area contributed by atoms with Crippen molar-refractivity contribution in [2.45, 2.75) is 31.3 Å². The zero-order valence-corrected chi connectivity index (χ0v) is 23.5. The largest absolute Gasteiger partial charge is 0.480 e. The number of halogens is 4. The Balaban J connectivity index is 1.38. The number of hydrogen-bond acceptors (Lipinski definition) is 4. The molecule has 4 rings (SSSR count). The molecular formula is C28H24Cl3FN4O5. The SMILES string of the molecule is O=C(Cc1ccc(F)c(Cl)c1)Nc1ccc(Cl)c(C(=O)NC(CNC(=O)N[C@@H]2CCc3ccccc32)C(=O)O)c1Cl. The van der Waals surface area contributed by atoms with E-state index in [1.54, 1.807) is 0 Å². The van der Waals surface area contributed by atoms with Gasteiger partial charge in [-0.2, -0.15) is 0 Å². The van der Waals surface area contributed by atoms with Gasteiger partial charge in [-0.05, 0) is 53.8 Å². The minimum absolute atomic E-state index is 0.0423. The van der Waals surface area contributed by atoms with Crippen molar-refractivity contribution in [3.8, 4) is 0 Å². The second-order valence-electron chi connectivity index (χ2n) is 9.27. The summed E-state index contributed by atoms with van der Waals surface area (Å²) in [5.41, 5.74) is 2.36. The highest BCUT2D eigenvalue weighted by molar-refractivity contribution is 6.41. The summed E-state index contributed by atoms with van der Waals surface area (Å²) in [6, 6.07) is 11.9. The molecule has 1 aliphatic carbocycles. The van der Waals surface area contributed by atoms with Crippen LogP contribution in [0.5, 0.6) is 0 Å². The van der Waals surface area contributed by atoms with E-state index in [1.165, 1.54) is 24.3 Å². The summed E-state index contributed by atoms with van der Waals surface area (Å²) in [6.45, 7) is -0.423. The summed E-state index contributed by atoms with van der Waals surface area (Å²) >= 11 is 18.3. The minimum Gasteiger partial charge on any atom is -0.480 e. The Hall–Kier alpha value is -3.86. The van der Waals surface area contributed by atoms with Crippen molar-refractivity contribution in [2.24, 2.45) is 0 Å². The van der Waals surface area contributed by atoms with E-state index in [0.29, 0.717) is 12.0 Å². The molecule has 41 heavy (non-hydrogen) atoms. The molecule has 0 aromatic heterocycles. The van der Waals surface area contributed by atoms with Gasteiger partial charge in [0.15, 0.2) is 0 Å². The Morgan fingerprint density at radius 3 is 2.49 bits per heavy atom. The van der Waals surface area contributed by atoms with Crippen molar-refractivity contribution in [1.82, 2.24) is 16.0 Å². The molecule has 0 saturated heterocycles. The van der Waals surface area contributed by atoms with Gasteiger partial charge in [0.05, 0.1) is 45.3 Å². The van der Waals surface area contributed by atoms with Crippen LogP contribution in [0.25, 0.3) is 0 Å². The molecule has 214 valence electrons. The lowest BCUT2D eigenvalue weighted by atomic mass is 10.1. The van der Waals surface area contributed by atoms with Gasteiger partial charge in [-0.25, -0.2) is 14.0 Å². The summed E-state index contributed by atoms with van der Waals surface area (Å²) in [4.78, 5) is 49.9. The first-order chi connectivity index (χ1) is 19.5. The van der Waals surface area contributed by atoms with Crippen LogP contribution in [0.15, 0.2) is 54.6 Å². The third kappa shape index (κ3) is 7.46. The molecule has 3 aromatic carbocycles. The topological polar surface area (TPSA) is 137 Å². The third-order valence-electron chi connectivity index (χ3n) is 6.45. The lowest BCUT2D eigenvalue weighted by molar-refractivity contribution is -0.139. The van der Waals surface area contributed by atoms with Crippen LogP contribution < -0.4 is 21.3 Å². The maximum absolute atomic E-state index is 13.4. The van der Waals surface area contributed by atoms with E-state index in [0.717, 1.165) is 23.6 Å². The molecule has 0 aliphatic heterocycles. The molecule has 1 unspecified atom stereocenters. The number of aliphatic carboxylic acids is 1. The molecule has 5 N–H and O–H groups in total. The van der Waals surface area contributed by atoms with Crippen LogP contribution in [0.2, 0.25) is 15.1 Å². The van der Waals surface area contributed by atoms with Crippen molar-refractivity contribution >= 4 is 64.3 Å². The standard InChI is InChI=1S/C28H24Cl3FN4O5/c29-17-7-10-21(34-23(37)12-14-5-8-19(32)18(30)11-14)25(31)24(17)26(38)35-22(27(39)40)13-33-28(41)36-20-9-6-15-3-1-2-4-16(15)20/h1-5,7-8,10-11,20,22H,6,9,12-13H2,(H,34,37)(H,35,38)(H,39,40)(H2,33,36,41)/t20-,22?/m1/s1. The quantitative estimate of drug-likeness (QED) is 0.226. The number of aryl methyl sites for hydroxylation is 1. The maximum atomic E-state index is 13.4. The number of carboxylic acid groups (broad SMARTS) is 1. The average molecular weight is 622 g/mol. The van der Waals surface area contributed by atoms with E-state index in [2.05, 4.69) is 21.3 Å². The lowest BCUT2D eigenvalue weighted by Gasteiger charge is -2.19. The first-order valence-corrected chi connectivity index (χ1v) is 13.5. The van der Waals surface area contributed by atoms with E-state index in [9.17, 15) is 28.7 Å². The van der Waals surface area contributed by atoms with Crippen LogP contribution in [-0.4, -0.2) is 41.5 Å². The highest BCUT2D eigenvalue weighted by Crippen LogP contribution is 2.32. The number of anilines is 1. The monoisotopic (exact) mass is 620 g/mol. The van der Waals surface area contributed by atoms with Gasteiger partial charge >= 0.3 is 12.0 Å². The van der Waals surface area contributed by atoms with Gasteiger partial charge in [0.25, 0.3) is 5.91 Å². The summed E-state index contributed by atoms with van der Waals surface area (Å²) in [5, 5.41) is 19.3. The summed E-state index contributed by atoms with van der Waals surface area (Å²) in [5.74, 6) is -3.49. The van der Waals surface area contributed by atoms with E-state index >= 15 is 0 Å². The molecule has 9 nitrogen and oxygen atoms in total. The normalized spacial score (nSPS) is 14.5. The first-order valence-electron chi connectivity index (χ1n) is 12.4. The van der Waals surface area contributed by atoms with Crippen molar-refractivity contribution in [1.29, 1.82) is 0 Å². The van der Waals surface area contributed by atoms with Gasteiger partial charge in [-0.1, -0.05) is 65.1 Å². The molecule has 13 heteroatoms. The number of rotatable bonds is 9. The van der Waals surface area contributed by atoms with Crippen molar-refractivity contribution in [2.75, 3.05) is 11.9 Å². The van der Waals surface area contributed by atoms with Crippen molar-refractivity contribution in [3.63, 3.8) is 0 Å². The number of urea groups is 1. The fourth-order valence-corrected chi connectivity index (χ4v) is 5.22. The molecule has 0 spiro atoms. The molecule has 0 radical (unpaired) electrons. The molecule has 0 heterocycles. The number of carbonyl (C=O) groups excluding carboxylic acids is 3. The number of carboxylic acids is 1. The highest BCUT2D eigenvalue weighted by Gasteiger charge is 2.27. The van der Waals surface area contributed by atoms with Gasteiger partial charge < -0.3 is 26.4 Å². The second-order valence-corrected chi connectivity index (χ2v) is 10.5. The van der Waals surface area contributed by atoms with Crippen LogP contribution in [-0.2, 0) is 22.4 Å². The molecule has 2 atom stereocenters. The van der Waals surface area contributed by atoms with Crippen LogP contribution in [0.4, 0.5) is 14.9 Å². The molecule has 0 fully saturated rings. The van der Waals surface area contributed by atoms with Gasteiger partial charge in [0.1, 0.15) is 11.9 Å². The molecule has 0 bridgehead atoms. The molecule has 4 amide bonds. The van der Waals surface area contributed by atoms with Crippen LogP contribution >= 0.6 is 34.8 Å². The zero-order valence-electron chi connectivity index (χ0n) is 21.3. The minimum atomic E-state index is -1.52. The number of fused-ring (bicyclic) bond motifs is 1. The van der Waals surface area contributed by atoms with Crippen molar-refractivity contribution in [3.05, 3.63) is 97.7 Å². The number of hydrogen-bond donors (Lipinski definition) is 5. The number of nitrogens with one attached hydrogen (secondary N) is 4. The fraction of sp³-hybridized carbons (Fsp3) is 0.214. The van der Waals surface area contributed by atoms with E-state index in [-0.39, 0.29) is 38.8 Å². The number of carbonyl (C=O) groups is 4. The van der Waals surface area contributed by atoms with E-state index in [4.69, 9.17) is 34.8 Å². The van der Waals surface area contributed by atoms with Gasteiger partial charge in [-0.3, -0.25) is 9.59 Å². The summed E-state index contributed by atoms with van der Waals surface area (Å²) in [6.07, 6.45) is 1.37. The first kappa shape index (κ1) is 30.1. The summed E-state index contributed by atoms with van der Waals surface area (Å²) < 4.78 is 13.4. The van der Waals surface area contributed by atoms with Gasteiger partial charge in [0.2, 0.25) is 5.91 Å². The predicted molar refractivity (Wildman–Crippen MR) is 153 cm³/mol. The third-order valence-corrected chi connectivity index (χ3v) is 7.45. The average Bonchev–Trinajstić information content (AvgIpc) is 3.32. The second kappa shape index (κ2) is 13.2. The van der Waals surface area contributed by atoms with E-state index < -0.39 is 42.2 Å². The lowest BCUT2D eigenvalue weighted by Crippen LogP contribution is -2.50. The molecule has 1 aliphatic rings. The predicted octanol–water partition coefficient (Wildman–Crippen LogP) is 5.14.